The van der Waals surface area contributed by atoms with Crippen LogP contribution in [0.25, 0.3) is 0 Å². The third-order valence-electron chi connectivity index (χ3n) is 4.02. The lowest BCUT2D eigenvalue weighted by Gasteiger charge is -2.11. The van der Waals surface area contributed by atoms with Gasteiger partial charge in [0.1, 0.15) is 12.7 Å². The Morgan fingerprint density at radius 1 is 1.23 bits per heavy atom. The first-order valence-electron chi connectivity index (χ1n) is 7.97. The molecular formula is C18H17N5O3. The molecule has 0 radical (unpaired) electrons. The van der Waals surface area contributed by atoms with E-state index in [2.05, 4.69) is 15.4 Å². The highest BCUT2D eigenvalue weighted by Crippen LogP contribution is 2.19. The molecule has 0 aliphatic rings. The molecule has 3 rings (SSSR count). The Morgan fingerprint density at radius 2 is 2.00 bits per heavy atom. The normalized spacial score (nSPS) is 10.5. The van der Waals surface area contributed by atoms with Crippen molar-refractivity contribution in [2.24, 2.45) is 0 Å². The maximum atomic E-state index is 12.4. The van der Waals surface area contributed by atoms with E-state index in [0.717, 1.165) is 11.1 Å². The molecule has 0 aliphatic heterocycles. The van der Waals surface area contributed by atoms with Gasteiger partial charge in [0, 0.05) is 23.7 Å². The van der Waals surface area contributed by atoms with Gasteiger partial charge in [0.05, 0.1) is 11.5 Å². The molecule has 0 aliphatic carbocycles. The molecule has 0 spiro atoms. The molecular weight excluding hydrogens is 334 g/mol. The summed E-state index contributed by atoms with van der Waals surface area (Å²) in [5, 5.41) is 17.9. The molecule has 0 saturated carbocycles. The number of amides is 1. The zero-order chi connectivity index (χ0) is 18.5. The molecule has 8 heteroatoms. The van der Waals surface area contributed by atoms with Crippen LogP contribution in [0.15, 0.2) is 55.1 Å². The van der Waals surface area contributed by atoms with Crippen LogP contribution in [0.2, 0.25) is 0 Å². The van der Waals surface area contributed by atoms with E-state index >= 15 is 0 Å². The fourth-order valence-corrected chi connectivity index (χ4v) is 2.60. The average molecular weight is 351 g/mol. The quantitative estimate of drug-likeness (QED) is 0.543. The number of carbonyl (C=O) groups excluding carboxylic acids is 1. The zero-order valence-corrected chi connectivity index (χ0v) is 14.1. The molecule has 0 atom stereocenters. The monoisotopic (exact) mass is 351 g/mol. The number of nitrogens with one attached hydrogen (secondary N) is 1. The maximum Gasteiger partial charge on any atom is 0.273 e. The van der Waals surface area contributed by atoms with E-state index < -0.39 is 4.92 Å². The summed E-state index contributed by atoms with van der Waals surface area (Å²) in [5.41, 5.74) is 2.66. The Balaban J connectivity index is 1.72. The van der Waals surface area contributed by atoms with Gasteiger partial charge in [-0.25, -0.2) is 9.67 Å². The predicted octanol–water partition coefficient (Wildman–Crippen LogP) is 2.47. The van der Waals surface area contributed by atoms with Crippen molar-refractivity contribution in [3.8, 4) is 0 Å². The predicted molar refractivity (Wildman–Crippen MR) is 94.6 cm³/mol. The fraction of sp³-hybridized carbons (Fsp3) is 0.167. The van der Waals surface area contributed by atoms with E-state index in [1.807, 2.05) is 24.3 Å². The van der Waals surface area contributed by atoms with Gasteiger partial charge in [-0.3, -0.25) is 14.9 Å². The SMILES string of the molecule is Cc1ccc(C(=O)NCc2ccccc2Cn2cncn2)cc1[N+](=O)[O-]. The van der Waals surface area contributed by atoms with Crippen LogP contribution in [0.4, 0.5) is 5.69 Å². The first-order valence-corrected chi connectivity index (χ1v) is 7.97. The third kappa shape index (κ3) is 3.92. The standard InChI is InChI=1S/C18H17N5O3/c1-13-6-7-14(8-17(13)23(25)26)18(24)20-9-15-4-2-3-5-16(15)10-22-12-19-11-21-22/h2-8,11-12H,9-10H2,1H3,(H,20,24). The highest BCUT2D eigenvalue weighted by molar-refractivity contribution is 5.94. The van der Waals surface area contributed by atoms with Gasteiger partial charge >= 0.3 is 0 Å². The minimum atomic E-state index is -0.487. The summed E-state index contributed by atoms with van der Waals surface area (Å²) in [7, 11) is 0. The van der Waals surface area contributed by atoms with Gasteiger partial charge in [-0.2, -0.15) is 5.10 Å². The first-order chi connectivity index (χ1) is 12.5. The van der Waals surface area contributed by atoms with Crippen molar-refractivity contribution in [3.63, 3.8) is 0 Å². The summed E-state index contributed by atoms with van der Waals surface area (Å²) in [5.74, 6) is -0.358. The maximum absolute atomic E-state index is 12.4. The third-order valence-corrected chi connectivity index (χ3v) is 4.02. The fourth-order valence-electron chi connectivity index (χ4n) is 2.60. The minimum absolute atomic E-state index is 0.0655. The number of hydrogen-bond donors (Lipinski definition) is 1. The van der Waals surface area contributed by atoms with Crippen molar-refractivity contribution >= 4 is 11.6 Å². The van der Waals surface area contributed by atoms with Crippen molar-refractivity contribution in [2.45, 2.75) is 20.0 Å². The second-order valence-corrected chi connectivity index (χ2v) is 5.80. The highest BCUT2D eigenvalue weighted by atomic mass is 16.6. The van der Waals surface area contributed by atoms with E-state index in [9.17, 15) is 14.9 Å². The van der Waals surface area contributed by atoms with Crippen LogP contribution in [0.5, 0.6) is 0 Å². The van der Waals surface area contributed by atoms with Gasteiger partial charge in [0.2, 0.25) is 0 Å². The second kappa shape index (κ2) is 7.56. The van der Waals surface area contributed by atoms with Crippen LogP contribution in [0.1, 0.15) is 27.0 Å². The number of carbonyl (C=O) groups is 1. The second-order valence-electron chi connectivity index (χ2n) is 5.80. The van der Waals surface area contributed by atoms with Gasteiger partial charge < -0.3 is 5.32 Å². The Morgan fingerprint density at radius 3 is 2.69 bits per heavy atom. The number of benzene rings is 2. The summed E-state index contributed by atoms with van der Waals surface area (Å²) >= 11 is 0. The molecule has 0 saturated heterocycles. The molecule has 1 aromatic heterocycles. The van der Waals surface area contributed by atoms with Crippen molar-refractivity contribution in [1.82, 2.24) is 20.1 Å². The molecule has 1 N–H and O–H groups in total. The molecule has 2 aromatic carbocycles. The Labute approximate surface area is 149 Å². The molecule has 1 amide bonds. The number of aryl methyl sites for hydroxylation is 1. The van der Waals surface area contributed by atoms with Gasteiger partial charge in [0.15, 0.2) is 0 Å². The number of aromatic nitrogens is 3. The van der Waals surface area contributed by atoms with Gasteiger partial charge in [-0.1, -0.05) is 30.3 Å². The van der Waals surface area contributed by atoms with Crippen LogP contribution < -0.4 is 5.32 Å². The lowest BCUT2D eigenvalue weighted by molar-refractivity contribution is -0.385. The Kier molecular flexibility index (Phi) is 5.02. The lowest BCUT2D eigenvalue weighted by atomic mass is 10.1. The largest absolute Gasteiger partial charge is 0.348 e. The lowest BCUT2D eigenvalue weighted by Crippen LogP contribution is -2.23. The minimum Gasteiger partial charge on any atom is -0.348 e. The van der Waals surface area contributed by atoms with E-state index in [4.69, 9.17) is 0 Å². The van der Waals surface area contributed by atoms with Crippen molar-refractivity contribution < 1.29 is 9.72 Å². The molecule has 0 fully saturated rings. The summed E-state index contributed by atoms with van der Waals surface area (Å²) in [6.45, 7) is 2.49. The molecule has 3 aromatic rings. The molecule has 0 bridgehead atoms. The van der Waals surface area contributed by atoms with Crippen LogP contribution in [-0.2, 0) is 13.1 Å². The van der Waals surface area contributed by atoms with Crippen LogP contribution >= 0.6 is 0 Å². The molecule has 8 nitrogen and oxygen atoms in total. The van der Waals surface area contributed by atoms with Crippen LogP contribution in [0, 0.1) is 17.0 Å². The van der Waals surface area contributed by atoms with E-state index in [1.165, 1.54) is 12.4 Å². The number of hydrogen-bond acceptors (Lipinski definition) is 5. The van der Waals surface area contributed by atoms with Crippen LogP contribution in [-0.4, -0.2) is 25.6 Å². The topological polar surface area (TPSA) is 103 Å². The number of nitro benzene ring substituents is 1. The van der Waals surface area contributed by atoms with Crippen molar-refractivity contribution in [3.05, 3.63) is 87.5 Å². The molecule has 26 heavy (non-hydrogen) atoms. The number of nitrogens with zero attached hydrogens (tertiary/aromatic N) is 4. The molecule has 1 heterocycles. The first kappa shape index (κ1) is 17.3. The average Bonchev–Trinajstić information content (AvgIpc) is 3.14. The Bertz CT molecular complexity index is 938. The van der Waals surface area contributed by atoms with E-state index in [1.54, 1.807) is 30.1 Å². The van der Waals surface area contributed by atoms with Gasteiger partial charge in [-0.15, -0.1) is 0 Å². The van der Waals surface area contributed by atoms with E-state index in [-0.39, 0.29) is 17.2 Å². The van der Waals surface area contributed by atoms with Crippen molar-refractivity contribution in [2.75, 3.05) is 0 Å². The van der Waals surface area contributed by atoms with Crippen molar-refractivity contribution in [1.29, 1.82) is 0 Å². The number of rotatable bonds is 6. The summed E-state index contributed by atoms with van der Waals surface area (Å²) < 4.78 is 1.70. The summed E-state index contributed by atoms with van der Waals surface area (Å²) in [6, 6.07) is 12.1. The van der Waals surface area contributed by atoms with E-state index in [0.29, 0.717) is 18.7 Å². The van der Waals surface area contributed by atoms with Gasteiger partial charge in [-0.05, 0) is 24.1 Å². The molecule has 132 valence electrons. The molecule has 0 unspecified atom stereocenters. The summed E-state index contributed by atoms with van der Waals surface area (Å²) in [4.78, 5) is 26.8. The smallest absolute Gasteiger partial charge is 0.273 e. The Hall–Kier alpha value is -3.55. The summed E-state index contributed by atoms with van der Waals surface area (Å²) in [6.07, 6.45) is 3.09. The number of nitro groups is 1. The zero-order valence-electron chi connectivity index (χ0n) is 14.1. The van der Waals surface area contributed by atoms with Gasteiger partial charge in [0.25, 0.3) is 11.6 Å². The highest BCUT2D eigenvalue weighted by Gasteiger charge is 2.15. The van der Waals surface area contributed by atoms with Crippen LogP contribution in [0.3, 0.4) is 0 Å².